The molecule has 0 atom stereocenters. The van der Waals surface area contributed by atoms with E-state index in [4.69, 9.17) is 11.6 Å². The first-order valence-corrected chi connectivity index (χ1v) is 5.63. The molecule has 1 aliphatic rings. The summed E-state index contributed by atoms with van der Waals surface area (Å²) < 4.78 is 0. The maximum absolute atomic E-state index is 5.90. The van der Waals surface area contributed by atoms with E-state index in [9.17, 15) is 0 Å². The minimum Gasteiger partial charge on any atom is -0.234 e. The number of hydrogen-bond acceptors (Lipinski definition) is 0. The van der Waals surface area contributed by atoms with Gasteiger partial charge in [0.05, 0.1) is 0 Å². The van der Waals surface area contributed by atoms with Crippen molar-refractivity contribution >= 4 is 11.6 Å². The smallest absolute Gasteiger partial charge is 0.0409 e. The molecule has 2 heteroatoms. The molecule has 14 heavy (non-hydrogen) atoms. The van der Waals surface area contributed by atoms with Crippen molar-refractivity contribution in [2.45, 2.75) is 38.3 Å². The number of rotatable bonds is 3. The van der Waals surface area contributed by atoms with Crippen molar-refractivity contribution in [3.05, 3.63) is 34.9 Å². The van der Waals surface area contributed by atoms with Gasteiger partial charge in [-0.05, 0) is 30.5 Å². The first kappa shape index (κ1) is 10.0. The molecule has 1 aromatic rings. The molecule has 1 aliphatic carbocycles. The zero-order chi connectivity index (χ0) is 9.80. The lowest BCUT2D eigenvalue weighted by Gasteiger charge is -2.09. The van der Waals surface area contributed by atoms with E-state index in [1.54, 1.807) is 0 Å². The molecule has 2 rings (SSSR count). The second-order valence-corrected chi connectivity index (χ2v) is 4.35. The predicted molar refractivity (Wildman–Crippen MR) is 59.5 cm³/mol. The fourth-order valence-electron chi connectivity index (χ4n) is 1.96. The second-order valence-electron chi connectivity index (χ2n) is 3.91. The minimum atomic E-state index is 0.606. The van der Waals surface area contributed by atoms with Gasteiger partial charge in [0.2, 0.25) is 0 Å². The summed E-state index contributed by atoms with van der Waals surface area (Å²) in [5.74, 6) is 0. The van der Waals surface area contributed by atoms with Crippen LogP contribution in [0.4, 0.5) is 0 Å². The summed E-state index contributed by atoms with van der Waals surface area (Å²) in [5, 5.41) is 5.49. The Morgan fingerprint density at radius 2 is 2.07 bits per heavy atom. The van der Waals surface area contributed by atoms with Crippen LogP contribution in [-0.2, 0) is 6.54 Å². The van der Waals surface area contributed by atoms with Gasteiger partial charge in [0, 0.05) is 17.6 Å². The van der Waals surface area contributed by atoms with E-state index in [0.29, 0.717) is 6.04 Å². The highest BCUT2D eigenvalue weighted by Gasteiger charge is 2.14. The SMILES string of the molecule is Clc1cccc(C[N]C2CCCC2)c1. The Morgan fingerprint density at radius 3 is 2.79 bits per heavy atom. The third kappa shape index (κ3) is 2.73. The average molecular weight is 209 g/mol. The molecule has 0 N–H and O–H groups in total. The molecule has 0 amide bonds. The molecule has 0 aromatic heterocycles. The zero-order valence-corrected chi connectivity index (χ0v) is 9.00. The Hall–Kier alpha value is -0.530. The highest BCUT2D eigenvalue weighted by Crippen LogP contribution is 2.19. The van der Waals surface area contributed by atoms with Crippen LogP contribution in [0, 0.1) is 0 Å². The van der Waals surface area contributed by atoms with E-state index in [2.05, 4.69) is 11.4 Å². The van der Waals surface area contributed by atoms with Gasteiger partial charge < -0.3 is 0 Å². The summed E-state index contributed by atoms with van der Waals surface area (Å²) in [6, 6.07) is 8.58. The van der Waals surface area contributed by atoms with Crippen LogP contribution in [0.2, 0.25) is 5.02 Å². The molecule has 1 aromatic carbocycles. The zero-order valence-electron chi connectivity index (χ0n) is 8.25. The first-order valence-electron chi connectivity index (χ1n) is 5.25. The summed E-state index contributed by atoms with van der Waals surface area (Å²) in [6.07, 6.45) is 5.26. The Morgan fingerprint density at radius 1 is 1.29 bits per heavy atom. The van der Waals surface area contributed by atoms with E-state index in [-0.39, 0.29) is 0 Å². The molecule has 0 heterocycles. The number of benzene rings is 1. The number of halogens is 1. The largest absolute Gasteiger partial charge is 0.234 e. The van der Waals surface area contributed by atoms with Crippen molar-refractivity contribution in [2.75, 3.05) is 0 Å². The molecule has 1 nitrogen and oxygen atoms in total. The molecule has 0 saturated heterocycles. The average Bonchev–Trinajstić information content (AvgIpc) is 2.67. The van der Waals surface area contributed by atoms with E-state index >= 15 is 0 Å². The monoisotopic (exact) mass is 208 g/mol. The van der Waals surface area contributed by atoms with Crippen molar-refractivity contribution in [3.8, 4) is 0 Å². The highest BCUT2D eigenvalue weighted by atomic mass is 35.5. The fraction of sp³-hybridized carbons (Fsp3) is 0.500. The van der Waals surface area contributed by atoms with Crippen molar-refractivity contribution in [3.63, 3.8) is 0 Å². The van der Waals surface area contributed by atoms with Crippen LogP contribution < -0.4 is 5.32 Å². The van der Waals surface area contributed by atoms with Crippen LogP contribution in [0.1, 0.15) is 31.2 Å². The molecular formula is C12H15ClN. The van der Waals surface area contributed by atoms with Crippen LogP contribution in [0.15, 0.2) is 24.3 Å². The van der Waals surface area contributed by atoms with E-state index < -0.39 is 0 Å². The number of hydrogen-bond donors (Lipinski definition) is 0. The Labute approximate surface area is 90.5 Å². The Balaban J connectivity index is 1.85. The van der Waals surface area contributed by atoms with Crippen LogP contribution >= 0.6 is 11.6 Å². The molecule has 75 valence electrons. The van der Waals surface area contributed by atoms with Gasteiger partial charge in [-0.2, -0.15) is 0 Å². The van der Waals surface area contributed by atoms with Gasteiger partial charge in [-0.1, -0.05) is 36.6 Å². The third-order valence-electron chi connectivity index (χ3n) is 2.75. The first-order chi connectivity index (χ1) is 6.84. The van der Waals surface area contributed by atoms with Crippen molar-refractivity contribution in [1.82, 2.24) is 5.32 Å². The summed E-state index contributed by atoms with van der Waals surface area (Å²) in [4.78, 5) is 0. The molecule has 1 radical (unpaired) electrons. The van der Waals surface area contributed by atoms with E-state index in [1.165, 1.54) is 31.2 Å². The normalized spacial score (nSPS) is 17.5. The Kier molecular flexibility index (Phi) is 3.44. The van der Waals surface area contributed by atoms with Crippen molar-refractivity contribution in [2.24, 2.45) is 0 Å². The second kappa shape index (κ2) is 4.81. The van der Waals surface area contributed by atoms with Gasteiger partial charge in [-0.25, -0.2) is 5.32 Å². The lowest BCUT2D eigenvalue weighted by Crippen LogP contribution is -2.17. The lowest BCUT2D eigenvalue weighted by molar-refractivity contribution is 0.512. The van der Waals surface area contributed by atoms with Gasteiger partial charge in [0.1, 0.15) is 0 Å². The minimum absolute atomic E-state index is 0.606. The molecule has 0 bridgehead atoms. The molecule has 1 saturated carbocycles. The summed E-state index contributed by atoms with van der Waals surface area (Å²) >= 11 is 5.90. The molecule has 0 spiro atoms. The van der Waals surface area contributed by atoms with Crippen LogP contribution in [0.3, 0.4) is 0 Å². The maximum Gasteiger partial charge on any atom is 0.0409 e. The topological polar surface area (TPSA) is 14.1 Å². The van der Waals surface area contributed by atoms with Crippen LogP contribution in [0.25, 0.3) is 0 Å². The van der Waals surface area contributed by atoms with Crippen molar-refractivity contribution in [1.29, 1.82) is 0 Å². The lowest BCUT2D eigenvalue weighted by atomic mass is 10.2. The van der Waals surface area contributed by atoms with Crippen molar-refractivity contribution < 1.29 is 0 Å². The van der Waals surface area contributed by atoms with Gasteiger partial charge >= 0.3 is 0 Å². The van der Waals surface area contributed by atoms with E-state index in [0.717, 1.165) is 11.6 Å². The highest BCUT2D eigenvalue weighted by molar-refractivity contribution is 6.30. The summed E-state index contributed by atoms with van der Waals surface area (Å²) in [5.41, 5.74) is 1.23. The summed E-state index contributed by atoms with van der Waals surface area (Å²) in [7, 11) is 0. The molecule has 0 aliphatic heterocycles. The fourth-order valence-corrected chi connectivity index (χ4v) is 2.17. The third-order valence-corrected chi connectivity index (χ3v) is 2.98. The van der Waals surface area contributed by atoms with Crippen LogP contribution in [0.5, 0.6) is 0 Å². The summed E-state index contributed by atoms with van der Waals surface area (Å²) in [6.45, 7) is 0.825. The van der Waals surface area contributed by atoms with Gasteiger partial charge in [-0.3, -0.25) is 0 Å². The molecule has 0 unspecified atom stereocenters. The quantitative estimate of drug-likeness (QED) is 0.723. The molecule has 1 fully saturated rings. The van der Waals surface area contributed by atoms with Gasteiger partial charge in [0.15, 0.2) is 0 Å². The van der Waals surface area contributed by atoms with Gasteiger partial charge in [-0.15, -0.1) is 0 Å². The standard InChI is InChI=1S/C12H15ClN/c13-11-5-3-4-10(8-11)9-14-12-6-1-2-7-12/h3-5,8,12H,1-2,6-7,9H2. The Bertz CT molecular complexity index is 292. The van der Waals surface area contributed by atoms with Crippen LogP contribution in [-0.4, -0.2) is 6.04 Å². The maximum atomic E-state index is 5.90. The van der Waals surface area contributed by atoms with E-state index in [1.807, 2.05) is 18.2 Å². The van der Waals surface area contributed by atoms with Gasteiger partial charge in [0.25, 0.3) is 0 Å². The predicted octanol–water partition coefficient (Wildman–Crippen LogP) is 3.39. The molecular weight excluding hydrogens is 194 g/mol. The number of nitrogens with zero attached hydrogens (tertiary/aromatic N) is 1.